The summed E-state index contributed by atoms with van der Waals surface area (Å²) in [5.41, 5.74) is 4.03. The van der Waals surface area contributed by atoms with Crippen molar-refractivity contribution >= 4 is 50.6 Å². The van der Waals surface area contributed by atoms with Crippen molar-refractivity contribution in [2.75, 3.05) is 10.7 Å². The highest BCUT2D eigenvalue weighted by atomic mass is 32.2. The SMILES string of the molecule is CC(C)c1ccccc1N1C(=NN=Cc2ccc3c(ccc4c3ncn4-c3ccc(OC(F)(F)F)cc3)c2)SCC1(C)O. The molecule has 7 nitrogen and oxygen atoms in total. The van der Waals surface area contributed by atoms with Gasteiger partial charge < -0.3 is 9.84 Å². The van der Waals surface area contributed by atoms with Gasteiger partial charge in [-0.1, -0.05) is 62.0 Å². The van der Waals surface area contributed by atoms with Gasteiger partial charge in [0.15, 0.2) is 10.9 Å². The third kappa shape index (κ3) is 5.82. The molecule has 1 saturated heterocycles. The molecule has 0 spiro atoms. The molecule has 0 saturated carbocycles. The van der Waals surface area contributed by atoms with Gasteiger partial charge in [-0.2, -0.15) is 5.10 Å². The Bertz CT molecular complexity index is 1860. The molecule has 1 unspecified atom stereocenters. The number of nitrogens with zero attached hydrogens (tertiary/aromatic N) is 5. The maximum atomic E-state index is 12.5. The van der Waals surface area contributed by atoms with Crippen molar-refractivity contribution in [3.63, 3.8) is 0 Å². The van der Waals surface area contributed by atoms with E-state index in [2.05, 4.69) is 39.8 Å². The molecule has 5 aromatic rings. The van der Waals surface area contributed by atoms with Crippen LogP contribution < -0.4 is 9.64 Å². The molecular formula is C32H28F3N5O2S. The zero-order valence-electron chi connectivity index (χ0n) is 23.6. The summed E-state index contributed by atoms with van der Waals surface area (Å²) < 4.78 is 43.4. The van der Waals surface area contributed by atoms with Crippen molar-refractivity contribution in [3.8, 4) is 11.4 Å². The van der Waals surface area contributed by atoms with Gasteiger partial charge in [-0.25, -0.2) is 4.98 Å². The van der Waals surface area contributed by atoms with Gasteiger partial charge in [-0.05, 0) is 71.8 Å². The summed E-state index contributed by atoms with van der Waals surface area (Å²) in [5.74, 6) is 0.462. The normalized spacial score (nSPS) is 18.6. The number of hydrogen-bond acceptors (Lipinski definition) is 6. The lowest BCUT2D eigenvalue weighted by Gasteiger charge is -2.32. The molecule has 1 atom stereocenters. The van der Waals surface area contributed by atoms with Crippen LogP contribution in [0.4, 0.5) is 18.9 Å². The fourth-order valence-electron chi connectivity index (χ4n) is 5.22. The minimum Gasteiger partial charge on any atom is -0.406 e. The van der Waals surface area contributed by atoms with Gasteiger partial charge in [0, 0.05) is 22.5 Å². The number of imidazole rings is 1. The van der Waals surface area contributed by atoms with Crippen LogP contribution in [0.15, 0.2) is 95.4 Å². The molecule has 1 aliphatic rings. The lowest BCUT2D eigenvalue weighted by molar-refractivity contribution is -0.274. The Morgan fingerprint density at radius 3 is 2.56 bits per heavy atom. The summed E-state index contributed by atoms with van der Waals surface area (Å²) >= 11 is 1.46. The van der Waals surface area contributed by atoms with E-state index in [-0.39, 0.29) is 11.7 Å². The number of anilines is 1. The molecule has 11 heteroatoms. The molecule has 0 aliphatic carbocycles. The highest BCUT2D eigenvalue weighted by molar-refractivity contribution is 8.14. The van der Waals surface area contributed by atoms with Crippen LogP contribution >= 0.6 is 11.8 Å². The Labute approximate surface area is 250 Å². The van der Waals surface area contributed by atoms with E-state index >= 15 is 0 Å². The Balaban J connectivity index is 1.26. The minimum absolute atomic E-state index is 0.274. The van der Waals surface area contributed by atoms with Gasteiger partial charge in [0.25, 0.3) is 0 Å². The third-order valence-corrected chi connectivity index (χ3v) is 8.42. The molecule has 1 aliphatic heterocycles. The van der Waals surface area contributed by atoms with E-state index in [1.54, 1.807) is 31.6 Å². The summed E-state index contributed by atoms with van der Waals surface area (Å²) in [4.78, 5) is 6.44. The quantitative estimate of drug-likeness (QED) is 0.158. The number of rotatable bonds is 6. The van der Waals surface area contributed by atoms with Crippen molar-refractivity contribution in [2.24, 2.45) is 10.2 Å². The molecule has 1 fully saturated rings. The van der Waals surface area contributed by atoms with Gasteiger partial charge in [-0.3, -0.25) is 9.47 Å². The number of fused-ring (bicyclic) bond motifs is 3. The predicted octanol–water partition coefficient (Wildman–Crippen LogP) is 7.85. The molecule has 2 heterocycles. The zero-order valence-corrected chi connectivity index (χ0v) is 24.4. The molecule has 43 heavy (non-hydrogen) atoms. The van der Waals surface area contributed by atoms with Crippen LogP contribution in [0.5, 0.6) is 5.75 Å². The maximum Gasteiger partial charge on any atom is 0.573 e. The Morgan fingerprint density at radius 2 is 1.81 bits per heavy atom. The van der Waals surface area contributed by atoms with Crippen molar-refractivity contribution in [1.82, 2.24) is 9.55 Å². The van der Waals surface area contributed by atoms with Crippen molar-refractivity contribution in [1.29, 1.82) is 0 Å². The van der Waals surface area contributed by atoms with Gasteiger partial charge in [0.05, 0.1) is 17.2 Å². The van der Waals surface area contributed by atoms with E-state index in [1.165, 1.54) is 23.9 Å². The number of para-hydroxylation sites is 1. The number of alkyl halides is 3. The van der Waals surface area contributed by atoms with Gasteiger partial charge in [0.1, 0.15) is 12.1 Å². The van der Waals surface area contributed by atoms with Gasteiger partial charge >= 0.3 is 6.36 Å². The average Bonchev–Trinajstić information content (AvgIpc) is 3.52. The van der Waals surface area contributed by atoms with E-state index < -0.39 is 12.1 Å². The zero-order chi connectivity index (χ0) is 30.4. The van der Waals surface area contributed by atoms with Crippen molar-refractivity contribution in [3.05, 3.63) is 96.3 Å². The van der Waals surface area contributed by atoms with Crippen LogP contribution in [0.2, 0.25) is 0 Å². The molecule has 0 bridgehead atoms. The number of hydrogen-bond donors (Lipinski definition) is 1. The fraction of sp³-hybridized carbons (Fsp3) is 0.219. The Kier molecular flexibility index (Phi) is 7.39. The van der Waals surface area contributed by atoms with E-state index in [9.17, 15) is 18.3 Å². The highest BCUT2D eigenvalue weighted by Gasteiger charge is 2.41. The van der Waals surface area contributed by atoms with Crippen LogP contribution in [-0.2, 0) is 0 Å². The molecule has 0 amide bonds. The number of halogens is 3. The van der Waals surface area contributed by atoms with Crippen LogP contribution in [-0.4, -0.2) is 43.9 Å². The Hall–Kier alpha value is -4.35. The highest BCUT2D eigenvalue weighted by Crippen LogP contribution is 2.39. The van der Waals surface area contributed by atoms with E-state index in [1.807, 2.05) is 58.0 Å². The number of ether oxygens (including phenoxy) is 1. The summed E-state index contributed by atoms with van der Waals surface area (Å²) in [6.07, 6.45) is -1.42. The standard InChI is InChI=1S/C32H28F3N5O2S/c1-20(2)25-6-4-5-7-27(25)40-30(43-18-31(40,3)41)38-37-17-21-8-14-26-22(16-21)9-15-28-29(26)36-19-39(28)23-10-12-24(13-11-23)42-32(33,34)35/h4-17,19-20,41H,18H2,1-3H3. The molecular weight excluding hydrogens is 575 g/mol. The largest absolute Gasteiger partial charge is 0.573 e. The van der Waals surface area contributed by atoms with Crippen molar-refractivity contribution in [2.45, 2.75) is 38.8 Å². The van der Waals surface area contributed by atoms with Gasteiger partial charge in [-0.15, -0.1) is 18.3 Å². The second-order valence-corrected chi connectivity index (χ2v) is 11.7. The molecule has 220 valence electrons. The number of thioether (sulfide) groups is 1. The van der Waals surface area contributed by atoms with E-state index in [0.29, 0.717) is 16.6 Å². The monoisotopic (exact) mass is 603 g/mol. The number of aliphatic hydroxyl groups is 1. The molecule has 1 aromatic heterocycles. The van der Waals surface area contributed by atoms with E-state index in [4.69, 9.17) is 0 Å². The first-order valence-corrected chi connectivity index (χ1v) is 14.6. The lowest BCUT2D eigenvalue weighted by atomic mass is 9.99. The van der Waals surface area contributed by atoms with Crippen molar-refractivity contribution < 1.29 is 23.0 Å². The first kappa shape index (κ1) is 28.8. The number of aromatic nitrogens is 2. The topological polar surface area (TPSA) is 75.2 Å². The molecule has 6 rings (SSSR count). The van der Waals surface area contributed by atoms with E-state index in [0.717, 1.165) is 38.6 Å². The summed E-state index contributed by atoms with van der Waals surface area (Å²) in [6.45, 7) is 6.03. The van der Waals surface area contributed by atoms with Crippen LogP contribution in [0.3, 0.4) is 0 Å². The van der Waals surface area contributed by atoms with Crippen LogP contribution in [0.25, 0.3) is 27.5 Å². The Morgan fingerprint density at radius 1 is 1.05 bits per heavy atom. The fourth-order valence-corrected chi connectivity index (χ4v) is 6.28. The molecule has 4 aromatic carbocycles. The smallest absolute Gasteiger partial charge is 0.406 e. The summed E-state index contributed by atoms with van der Waals surface area (Å²) in [7, 11) is 0. The lowest BCUT2D eigenvalue weighted by Crippen LogP contribution is -2.45. The first-order chi connectivity index (χ1) is 20.5. The number of benzene rings is 4. The molecule has 1 N–H and O–H groups in total. The third-order valence-electron chi connectivity index (χ3n) is 7.20. The van der Waals surface area contributed by atoms with Crippen LogP contribution in [0, 0.1) is 0 Å². The predicted molar refractivity (Wildman–Crippen MR) is 166 cm³/mol. The second kappa shape index (κ2) is 11.1. The average molecular weight is 604 g/mol. The summed E-state index contributed by atoms with van der Waals surface area (Å²) in [5, 5.41) is 22.5. The maximum absolute atomic E-state index is 12.5. The first-order valence-electron chi connectivity index (χ1n) is 13.6. The second-order valence-electron chi connectivity index (χ2n) is 10.8. The molecule has 0 radical (unpaired) electrons. The van der Waals surface area contributed by atoms with Crippen LogP contribution in [0.1, 0.15) is 37.8 Å². The minimum atomic E-state index is -4.74. The summed E-state index contributed by atoms with van der Waals surface area (Å²) in [6, 6.07) is 23.5. The number of amidine groups is 1. The van der Waals surface area contributed by atoms with Gasteiger partial charge in [0.2, 0.25) is 0 Å².